The number of rotatable bonds is 7. The first-order valence-electron chi connectivity index (χ1n) is 12.9. The maximum atomic E-state index is 10.3. The second-order valence-electron chi connectivity index (χ2n) is 9.86. The molecule has 1 fully saturated rings. The van der Waals surface area contributed by atoms with Gasteiger partial charge in [0.2, 0.25) is 11.5 Å². The van der Waals surface area contributed by atoms with Gasteiger partial charge in [-0.25, -0.2) is 4.98 Å². The van der Waals surface area contributed by atoms with Crippen LogP contribution in [0, 0.1) is 0 Å². The lowest BCUT2D eigenvalue weighted by molar-refractivity contribution is -0.333. The number of benzene rings is 2. The number of anilines is 5. The molecule has 0 saturated carbocycles. The molecule has 2 aromatic carbocycles. The molecule has 1 aliphatic heterocycles. The lowest BCUT2D eigenvalue weighted by atomic mass is 10.2. The van der Waals surface area contributed by atoms with E-state index in [-0.39, 0.29) is 5.88 Å². The van der Waals surface area contributed by atoms with Gasteiger partial charge in [-0.05, 0) is 38.1 Å². The third kappa shape index (κ3) is 4.43. The monoisotopic (exact) mass is 513 g/mol. The molecule has 6 N–H and O–H groups in total. The van der Waals surface area contributed by atoms with E-state index in [2.05, 4.69) is 61.4 Å². The molecular weight excluding hydrogens is 480 g/mol. The van der Waals surface area contributed by atoms with E-state index in [0.717, 1.165) is 65.4 Å². The lowest BCUT2D eigenvalue weighted by Gasteiger charge is -2.38. The molecule has 1 saturated heterocycles. The minimum absolute atomic E-state index is 0.115. The second kappa shape index (κ2) is 9.79. The molecule has 0 atom stereocenters. The number of hydrogen-bond acceptors (Lipinski definition) is 7. The van der Waals surface area contributed by atoms with Gasteiger partial charge in [0, 0.05) is 61.8 Å². The molecule has 196 valence electrons. The van der Waals surface area contributed by atoms with Crippen LogP contribution in [0.1, 0.15) is 13.8 Å². The highest BCUT2D eigenvalue weighted by Gasteiger charge is 2.22. The number of fused-ring (bicyclic) bond motifs is 2. The van der Waals surface area contributed by atoms with Gasteiger partial charge in [0.15, 0.2) is 11.6 Å². The van der Waals surface area contributed by atoms with Crippen molar-refractivity contribution in [2.75, 3.05) is 48.8 Å². The molecule has 4 heterocycles. The highest BCUT2D eigenvalue weighted by atomic mass is 16.5. The van der Waals surface area contributed by atoms with Crippen molar-refractivity contribution in [2.45, 2.75) is 19.9 Å². The molecule has 10 nitrogen and oxygen atoms in total. The predicted octanol–water partition coefficient (Wildman–Crippen LogP) is 4.59. The number of H-pyrrole nitrogens is 3. The molecule has 1 aliphatic rings. The van der Waals surface area contributed by atoms with E-state index in [0.29, 0.717) is 23.2 Å². The predicted molar refractivity (Wildman–Crippen MR) is 151 cm³/mol. The van der Waals surface area contributed by atoms with Crippen molar-refractivity contribution < 1.29 is 14.8 Å². The van der Waals surface area contributed by atoms with Gasteiger partial charge >= 0.3 is 5.95 Å². The average molecular weight is 514 g/mol. The fourth-order valence-corrected chi connectivity index (χ4v) is 5.15. The van der Waals surface area contributed by atoms with E-state index in [4.69, 9.17) is 9.72 Å². The number of aromatic hydroxyl groups is 1. The third-order valence-electron chi connectivity index (χ3n) is 7.27. The summed E-state index contributed by atoms with van der Waals surface area (Å²) in [7, 11) is 1.68. The molecule has 0 unspecified atom stereocenters. The van der Waals surface area contributed by atoms with Crippen molar-refractivity contribution >= 4 is 50.6 Å². The topological polar surface area (TPSA) is 119 Å². The number of methoxy groups -OCH3 is 1. The zero-order chi connectivity index (χ0) is 26.2. The molecule has 38 heavy (non-hydrogen) atoms. The van der Waals surface area contributed by atoms with E-state index < -0.39 is 0 Å². The number of aromatic nitrogens is 4. The molecule has 3 aromatic heterocycles. The summed E-state index contributed by atoms with van der Waals surface area (Å²) in [5.41, 5.74) is 3.53. The van der Waals surface area contributed by atoms with Gasteiger partial charge in [0.1, 0.15) is 5.69 Å². The number of nitrogens with one attached hydrogen (secondary N) is 5. The van der Waals surface area contributed by atoms with Gasteiger partial charge in [-0.1, -0.05) is 17.1 Å². The first-order chi connectivity index (χ1) is 18.5. The first-order valence-corrected chi connectivity index (χ1v) is 12.9. The Morgan fingerprint density at radius 3 is 2.66 bits per heavy atom. The molecule has 6 rings (SSSR count). The molecule has 0 spiro atoms. The summed E-state index contributed by atoms with van der Waals surface area (Å²) in [5.74, 6) is 2.05. The molecule has 0 aliphatic carbocycles. The third-order valence-corrected chi connectivity index (χ3v) is 7.27. The Hall–Kier alpha value is -4.44. The van der Waals surface area contributed by atoms with Gasteiger partial charge < -0.3 is 25.0 Å². The van der Waals surface area contributed by atoms with Crippen molar-refractivity contribution in [2.24, 2.45) is 0 Å². The summed E-state index contributed by atoms with van der Waals surface area (Å²) in [6.07, 6.45) is 3.64. The van der Waals surface area contributed by atoms with E-state index in [9.17, 15) is 5.11 Å². The summed E-state index contributed by atoms with van der Waals surface area (Å²) in [6.45, 7) is 8.59. The smallest absolute Gasteiger partial charge is 0.351 e. The molecule has 0 amide bonds. The minimum atomic E-state index is 0.115. The largest absolute Gasteiger partial charge is 0.494 e. The van der Waals surface area contributed by atoms with Crippen LogP contribution in [0.4, 0.5) is 28.8 Å². The van der Waals surface area contributed by atoms with Crippen LogP contribution in [0.15, 0.2) is 54.9 Å². The number of piperazine rings is 1. The maximum absolute atomic E-state index is 10.3. The number of ether oxygens (including phenoxy) is 1. The highest BCUT2D eigenvalue weighted by molar-refractivity contribution is 6.01. The van der Waals surface area contributed by atoms with Gasteiger partial charge in [0.05, 0.1) is 23.6 Å². The van der Waals surface area contributed by atoms with Crippen LogP contribution in [0.2, 0.25) is 0 Å². The normalized spacial score (nSPS) is 14.5. The quantitative estimate of drug-likeness (QED) is 0.216. The van der Waals surface area contributed by atoms with Crippen molar-refractivity contribution in [3.63, 3.8) is 0 Å². The SMILES string of the molecule is COc1cc(N2CCN(C(C)C)CC2)ccc1Nc1nc(Nc2cccc3c[nH]c(O)c23)c2cc[nH]c2[nH+]1. The Labute approximate surface area is 220 Å². The van der Waals surface area contributed by atoms with Crippen molar-refractivity contribution in [3.05, 3.63) is 54.9 Å². The van der Waals surface area contributed by atoms with Crippen LogP contribution in [0.5, 0.6) is 11.6 Å². The van der Waals surface area contributed by atoms with E-state index >= 15 is 0 Å². The number of hydrogen-bond donors (Lipinski definition) is 5. The van der Waals surface area contributed by atoms with Crippen molar-refractivity contribution in [3.8, 4) is 11.6 Å². The Kier molecular flexibility index (Phi) is 6.16. The molecule has 5 aromatic rings. The highest BCUT2D eigenvalue weighted by Crippen LogP contribution is 2.35. The zero-order valence-corrected chi connectivity index (χ0v) is 21.8. The number of nitrogens with zero attached hydrogens (tertiary/aromatic N) is 3. The molecule has 0 bridgehead atoms. The molecule has 0 radical (unpaired) electrons. The Morgan fingerprint density at radius 2 is 1.87 bits per heavy atom. The van der Waals surface area contributed by atoms with Crippen LogP contribution in [0.25, 0.3) is 21.8 Å². The Morgan fingerprint density at radius 1 is 1.03 bits per heavy atom. The van der Waals surface area contributed by atoms with E-state index in [1.165, 1.54) is 0 Å². The van der Waals surface area contributed by atoms with Crippen LogP contribution in [-0.4, -0.2) is 64.3 Å². The van der Waals surface area contributed by atoms with E-state index in [1.54, 1.807) is 13.3 Å². The van der Waals surface area contributed by atoms with Gasteiger partial charge in [-0.2, -0.15) is 0 Å². The molecule has 10 heteroatoms. The fraction of sp³-hybridized carbons (Fsp3) is 0.286. The minimum Gasteiger partial charge on any atom is -0.494 e. The average Bonchev–Trinajstić information content (AvgIpc) is 3.56. The fourth-order valence-electron chi connectivity index (χ4n) is 5.15. The van der Waals surface area contributed by atoms with Crippen LogP contribution in [-0.2, 0) is 0 Å². The lowest BCUT2D eigenvalue weighted by Crippen LogP contribution is -2.48. The first kappa shape index (κ1) is 23.9. The van der Waals surface area contributed by atoms with E-state index in [1.807, 2.05) is 36.5 Å². The van der Waals surface area contributed by atoms with Gasteiger partial charge in [0.25, 0.3) is 0 Å². The maximum Gasteiger partial charge on any atom is 0.351 e. The van der Waals surface area contributed by atoms with Crippen LogP contribution >= 0.6 is 0 Å². The van der Waals surface area contributed by atoms with Crippen molar-refractivity contribution in [1.82, 2.24) is 19.9 Å². The summed E-state index contributed by atoms with van der Waals surface area (Å²) < 4.78 is 5.76. The zero-order valence-electron chi connectivity index (χ0n) is 21.8. The second-order valence-corrected chi connectivity index (χ2v) is 9.86. The summed E-state index contributed by atoms with van der Waals surface area (Å²) in [6, 6.07) is 14.6. The van der Waals surface area contributed by atoms with Crippen LogP contribution < -0.4 is 25.3 Å². The number of aromatic amines is 3. The van der Waals surface area contributed by atoms with Gasteiger partial charge in [-0.3, -0.25) is 15.2 Å². The van der Waals surface area contributed by atoms with Gasteiger partial charge in [-0.15, -0.1) is 0 Å². The molecular formula is C28H33N8O2+. The standard InChI is InChI=1S/C28H32N8O2/c1-17(2)35-11-13-36(14-12-35)19-7-8-21(23(15-19)38-3)32-28-33-25-20(9-10-29-25)26(34-28)31-22-6-4-5-18-16-30-27(37)24(18)22/h4-10,15-17,30,37H,11-14H2,1-3H3,(H3,29,31,32,33,34)/p+1. The Balaban J connectivity index is 1.28. The summed E-state index contributed by atoms with van der Waals surface area (Å²) in [4.78, 5) is 19.2. The Bertz CT molecular complexity index is 1580. The summed E-state index contributed by atoms with van der Waals surface area (Å²) >= 11 is 0. The van der Waals surface area contributed by atoms with Crippen LogP contribution in [0.3, 0.4) is 0 Å². The summed E-state index contributed by atoms with van der Waals surface area (Å²) in [5, 5.41) is 19.7. The van der Waals surface area contributed by atoms with Crippen molar-refractivity contribution in [1.29, 1.82) is 0 Å².